The predicted octanol–water partition coefficient (Wildman–Crippen LogP) is 7.17. The van der Waals surface area contributed by atoms with Gasteiger partial charge in [0.2, 0.25) is 11.8 Å². The summed E-state index contributed by atoms with van der Waals surface area (Å²) in [5.74, 6) is 0.0428. The molecule has 4 nitrogen and oxygen atoms in total. The number of hydrogen-bond acceptors (Lipinski definition) is 3. The van der Waals surface area contributed by atoms with Gasteiger partial charge in [-0.2, -0.15) is 0 Å². The molecule has 0 saturated heterocycles. The lowest BCUT2D eigenvalue weighted by Gasteiger charge is -2.33. The summed E-state index contributed by atoms with van der Waals surface area (Å²) in [4.78, 5) is 30.2. The highest BCUT2D eigenvalue weighted by Gasteiger charge is 2.31. The van der Waals surface area contributed by atoms with E-state index in [-0.39, 0.29) is 23.6 Å². The fourth-order valence-corrected chi connectivity index (χ4v) is 5.68. The quantitative estimate of drug-likeness (QED) is 0.270. The fraction of sp³-hybridized carbons (Fsp3) is 0.333. The van der Waals surface area contributed by atoms with Crippen LogP contribution in [0.25, 0.3) is 0 Å². The number of carbonyl (C=O) groups is 2. The van der Waals surface area contributed by atoms with Crippen LogP contribution < -0.4 is 5.32 Å². The average molecular weight is 556 g/mol. The molecule has 37 heavy (non-hydrogen) atoms. The van der Waals surface area contributed by atoms with Crippen molar-refractivity contribution in [3.05, 3.63) is 100 Å². The van der Waals surface area contributed by atoms with E-state index in [1.54, 1.807) is 4.90 Å². The van der Waals surface area contributed by atoms with Crippen LogP contribution in [-0.2, 0) is 22.6 Å². The highest BCUT2D eigenvalue weighted by Crippen LogP contribution is 2.24. The van der Waals surface area contributed by atoms with Gasteiger partial charge in [-0.3, -0.25) is 9.59 Å². The maximum Gasteiger partial charge on any atom is 0.243 e. The minimum Gasteiger partial charge on any atom is -0.352 e. The maximum absolute atomic E-state index is 13.8. The van der Waals surface area contributed by atoms with Gasteiger partial charge < -0.3 is 10.2 Å². The summed E-state index contributed by atoms with van der Waals surface area (Å²) in [6, 6.07) is 24.3. The van der Waals surface area contributed by atoms with Crippen molar-refractivity contribution >= 4 is 46.8 Å². The molecule has 7 heteroatoms. The highest BCUT2D eigenvalue weighted by atomic mass is 35.5. The lowest BCUT2D eigenvalue weighted by molar-refractivity contribution is -0.139. The van der Waals surface area contributed by atoms with Crippen LogP contribution in [0.1, 0.15) is 43.2 Å². The van der Waals surface area contributed by atoms with Crippen molar-refractivity contribution in [2.24, 2.45) is 0 Å². The van der Waals surface area contributed by atoms with Crippen LogP contribution in [0.15, 0.2) is 83.8 Å². The molecule has 1 fully saturated rings. The molecule has 0 spiro atoms. The Kier molecular flexibility index (Phi) is 10.4. The van der Waals surface area contributed by atoms with E-state index < -0.39 is 6.04 Å². The molecule has 0 heterocycles. The Hall–Kier alpha value is -2.47. The summed E-state index contributed by atoms with van der Waals surface area (Å²) in [6.45, 7) is 0.326. The van der Waals surface area contributed by atoms with E-state index in [9.17, 15) is 9.59 Å². The van der Waals surface area contributed by atoms with Gasteiger partial charge in [0, 0.05) is 33.9 Å². The van der Waals surface area contributed by atoms with E-state index in [0.717, 1.165) is 41.7 Å². The molecule has 1 aliphatic carbocycles. The van der Waals surface area contributed by atoms with Gasteiger partial charge in [0.1, 0.15) is 6.04 Å². The first kappa shape index (κ1) is 27.6. The van der Waals surface area contributed by atoms with Gasteiger partial charge in [0.25, 0.3) is 0 Å². The van der Waals surface area contributed by atoms with Crippen molar-refractivity contribution in [1.82, 2.24) is 10.2 Å². The Bertz CT molecular complexity index is 1150. The van der Waals surface area contributed by atoms with Gasteiger partial charge in [0.15, 0.2) is 0 Å². The third kappa shape index (κ3) is 8.53. The fourth-order valence-electron chi connectivity index (χ4n) is 4.64. The first-order chi connectivity index (χ1) is 18.0. The van der Waals surface area contributed by atoms with Crippen LogP contribution in [0.2, 0.25) is 10.0 Å². The molecule has 2 amide bonds. The lowest BCUT2D eigenvalue weighted by atomic mass is 9.94. The zero-order chi connectivity index (χ0) is 26.0. The van der Waals surface area contributed by atoms with Crippen LogP contribution >= 0.6 is 35.0 Å². The van der Waals surface area contributed by atoms with Gasteiger partial charge >= 0.3 is 0 Å². The number of nitrogens with zero attached hydrogens (tertiary/aromatic N) is 1. The summed E-state index contributed by atoms with van der Waals surface area (Å²) in [5.41, 5.74) is 1.95. The van der Waals surface area contributed by atoms with Gasteiger partial charge in [-0.15, -0.1) is 11.8 Å². The molecule has 3 aromatic rings. The first-order valence-electron chi connectivity index (χ1n) is 12.7. The topological polar surface area (TPSA) is 49.4 Å². The van der Waals surface area contributed by atoms with Crippen molar-refractivity contribution in [1.29, 1.82) is 0 Å². The summed E-state index contributed by atoms with van der Waals surface area (Å²) < 4.78 is 0. The molecule has 1 aliphatic rings. The van der Waals surface area contributed by atoms with Crippen LogP contribution in [-0.4, -0.2) is 34.6 Å². The zero-order valence-corrected chi connectivity index (χ0v) is 23.1. The molecule has 0 unspecified atom stereocenters. The second-order valence-corrected chi connectivity index (χ2v) is 11.4. The Balaban J connectivity index is 1.59. The smallest absolute Gasteiger partial charge is 0.243 e. The Morgan fingerprint density at radius 1 is 0.838 bits per heavy atom. The third-order valence-electron chi connectivity index (χ3n) is 6.66. The Morgan fingerprint density at radius 3 is 2.11 bits per heavy atom. The second kappa shape index (κ2) is 13.9. The van der Waals surface area contributed by atoms with E-state index in [1.807, 2.05) is 78.9 Å². The number of nitrogens with one attached hydrogen (secondary N) is 1. The summed E-state index contributed by atoms with van der Waals surface area (Å²) in [6.07, 6.45) is 5.88. The van der Waals surface area contributed by atoms with Crippen LogP contribution in [0.4, 0.5) is 0 Å². The maximum atomic E-state index is 13.8. The molecule has 1 saturated carbocycles. The van der Waals surface area contributed by atoms with Crippen molar-refractivity contribution in [3.8, 4) is 0 Å². The normalized spacial score (nSPS) is 14.6. The lowest BCUT2D eigenvalue weighted by Crippen LogP contribution is -2.53. The van der Waals surface area contributed by atoms with E-state index in [2.05, 4.69) is 5.32 Å². The predicted molar refractivity (Wildman–Crippen MR) is 153 cm³/mol. The number of benzene rings is 3. The molecular weight excluding hydrogens is 523 g/mol. The molecule has 0 aliphatic heterocycles. The zero-order valence-electron chi connectivity index (χ0n) is 20.7. The van der Waals surface area contributed by atoms with E-state index in [1.165, 1.54) is 18.2 Å². The van der Waals surface area contributed by atoms with Crippen molar-refractivity contribution in [2.45, 2.75) is 62.0 Å². The summed E-state index contributed by atoms with van der Waals surface area (Å²) in [7, 11) is 0. The minimum absolute atomic E-state index is 0.0883. The summed E-state index contributed by atoms with van der Waals surface area (Å²) in [5, 5.41) is 4.56. The van der Waals surface area contributed by atoms with Crippen molar-refractivity contribution < 1.29 is 9.59 Å². The van der Waals surface area contributed by atoms with Crippen LogP contribution in [0, 0.1) is 0 Å². The molecule has 3 aromatic carbocycles. The van der Waals surface area contributed by atoms with Crippen molar-refractivity contribution in [2.75, 3.05) is 5.75 Å². The van der Waals surface area contributed by atoms with E-state index >= 15 is 0 Å². The molecule has 0 aromatic heterocycles. The van der Waals surface area contributed by atoms with Crippen LogP contribution in [0.3, 0.4) is 0 Å². The number of amides is 2. The average Bonchev–Trinajstić information content (AvgIpc) is 2.92. The van der Waals surface area contributed by atoms with Gasteiger partial charge in [-0.05, 0) is 60.4 Å². The van der Waals surface area contributed by atoms with Gasteiger partial charge in [-0.1, -0.05) is 84.9 Å². The Labute approximate surface area is 233 Å². The summed E-state index contributed by atoms with van der Waals surface area (Å²) >= 11 is 13.6. The Morgan fingerprint density at radius 2 is 1.46 bits per heavy atom. The second-order valence-electron chi connectivity index (χ2n) is 9.44. The minimum atomic E-state index is -0.627. The molecule has 194 valence electrons. The monoisotopic (exact) mass is 554 g/mol. The molecular formula is C30H32Cl2N2O2S. The molecule has 0 bridgehead atoms. The van der Waals surface area contributed by atoms with Gasteiger partial charge in [0.05, 0.1) is 5.75 Å². The highest BCUT2D eigenvalue weighted by molar-refractivity contribution is 8.00. The largest absolute Gasteiger partial charge is 0.352 e. The SMILES string of the molecule is O=C(NC1CCCCC1)[C@H](Cc1ccccc1)N(Cc1ccc(Cl)cc1)C(=O)CSc1ccc(Cl)cc1. The van der Waals surface area contributed by atoms with Crippen LogP contribution in [0.5, 0.6) is 0 Å². The standard InChI is InChI=1S/C30H32Cl2N2O2S/c31-24-13-11-23(12-14-24)20-34(29(35)21-37-27-17-15-25(32)16-18-27)28(19-22-7-3-1-4-8-22)30(36)33-26-9-5-2-6-10-26/h1,3-4,7-8,11-18,26,28H,2,5-6,9-10,19-21H2,(H,33,36)/t28-/m0/s1. The molecule has 4 rings (SSSR count). The number of halogens is 2. The number of thioether (sulfide) groups is 1. The molecule has 0 radical (unpaired) electrons. The number of rotatable bonds is 10. The first-order valence-corrected chi connectivity index (χ1v) is 14.5. The third-order valence-corrected chi connectivity index (χ3v) is 8.17. The van der Waals surface area contributed by atoms with E-state index in [4.69, 9.17) is 23.2 Å². The molecule has 1 atom stereocenters. The van der Waals surface area contributed by atoms with E-state index in [0.29, 0.717) is 23.0 Å². The van der Waals surface area contributed by atoms with Gasteiger partial charge in [-0.25, -0.2) is 0 Å². The molecule has 1 N–H and O–H groups in total. The number of carbonyl (C=O) groups excluding carboxylic acids is 2. The van der Waals surface area contributed by atoms with Crippen molar-refractivity contribution in [3.63, 3.8) is 0 Å². The number of hydrogen-bond donors (Lipinski definition) is 1.